The summed E-state index contributed by atoms with van der Waals surface area (Å²) in [6.45, 7) is 13.6. The van der Waals surface area contributed by atoms with E-state index < -0.39 is 0 Å². The van der Waals surface area contributed by atoms with Crippen molar-refractivity contribution in [3.63, 3.8) is 0 Å². The molecule has 322 valence electrons. The van der Waals surface area contributed by atoms with Gasteiger partial charge in [0.05, 0.1) is 22.3 Å². The quantitative estimate of drug-likeness (QED) is 0.175. The Labute approximate surface area is 389 Å². The Balaban J connectivity index is 0.00000484. The Kier molecular flexibility index (Phi) is 10.4. The number of fused-ring (bicyclic) bond motifs is 7. The molecule has 11 rings (SSSR count). The van der Waals surface area contributed by atoms with Crippen LogP contribution in [0, 0.1) is 6.07 Å². The van der Waals surface area contributed by atoms with E-state index in [0.29, 0.717) is 22.9 Å². The van der Waals surface area contributed by atoms with Gasteiger partial charge >= 0.3 is 0 Å². The third-order valence-electron chi connectivity index (χ3n) is 13.5. The average Bonchev–Trinajstić information content (AvgIpc) is 3.86. The molecule has 0 amide bonds. The van der Waals surface area contributed by atoms with Crippen molar-refractivity contribution in [2.75, 3.05) is 0 Å². The van der Waals surface area contributed by atoms with Crippen LogP contribution in [0.15, 0.2) is 138 Å². The van der Waals surface area contributed by atoms with Crippen molar-refractivity contribution in [1.29, 1.82) is 0 Å². The summed E-state index contributed by atoms with van der Waals surface area (Å²) in [6, 6.07) is 48.8. The molecule has 0 bridgehead atoms. The van der Waals surface area contributed by atoms with Gasteiger partial charge in [-0.2, -0.15) is 0 Å². The fourth-order valence-corrected chi connectivity index (χ4v) is 10.2. The van der Waals surface area contributed by atoms with E-state index in [0.717, 1.165) is 77.0 Å². The predicted molar refractivity (Wildman–Crippen MR) is 261 cm³/mol. The number of phenolic OH excluding ortho intramolecular Hbond substituents is 1. The number of rotatable bonds is 5. The number of nitrogens with zero attached hydrogens (tertiary/aromatic N) is 3. The van der Waals surface area contributed by atoms with Crippen molar-refractivity contribution >= 4 is 54.5 Å². The van der Waals surface area contributed by atoms with Gasteiger partial charge in [-0.05, 0) is 93.5 Å². The van der Waals surface area contributed by atoms with Gasteiger partial charge in [0.1, 0.15) is 22.7 Å². The fourth-order valence-electron chi connectivity index (χ4n) is 10.2. The monoisotopic (exact) mass is 1020 g/mol. The SMILES string of the molecule is CC(C)(C)c1ccc(-n2c(-c3cc4oc5ccc6ccccc6c5c4cc3O)nc3c(-c4[c-]c(-c5cc(C6CCCCC6)ccn5)c5ccccc5c4)cccc32)c(C(C)(C)C)c1.[Pt]. The number of hydrogen-bond donors (Lipinski definition) is 1. The van der Waals surface area contributed by atoms with Gasteiger partial charge < -0.3 is 9.52 Å². The van der Waals surface area contributed by atoms with E-state index in [4.69, 9.17) is 14.4 Å². The van der Waals surface area contributed by atoms with E-state index in [2.05, 4.69) is 149 Å². The topological polar surface area (TPSA) is 64.1 Å². The minimum atomic E-state index is -0.214. The van der Waals surface area contributed by atoms with Crippen LogP contribution >= 0.6 is 0 Å². The van der Waals surface area contributed by atoms with Crippen molar-refractivity contribution in [2.45, 2.75) is 90.4 Å². The number of benzene rings is 7. The third kappa shape index (κ3) is 7.13. The first kappa shape index (κ1) is 41.9. The minimum absolute atomic E-state index is 0. The first-order valence-electron chi connectivity index (χ1n) is 22.6. The minimum Gasteiger partial charge on any atom is -0.507 e. The number of imidazole rings is 1. The molecular weight excluding hydrogens is 966 g/mol. The summed E-state index contributed by atoms with van der Waals surface area (Å²) < 4.78 is 8.86. The molecule has 10 aromatic rings. The molecule has 1 aliphatic carbocycles. The Morgan fingerprint density at radius 2 is 1.44 bits per heavy atom. The molecule has 0 spiro atoms. The van der Waals surface area contributed by atoms with Crippen LogP contribution in [0.4, 0.5) is 0 Å². The summed E-state index contributed by atoms with van der Waals surface area (Å²) in [6.07, 6.45) is 8.33. The van der Waals surface area contributed by atoms with E-state index in [-0.39, 0.29) is 37.6 Å². The second-order valence-corrected chi connectivity index (χ2v) is 19.8. The van der Waals surface area contributed by atoms with Gasteiger partial charge in [0.25, 0.3) is 0 Å². The normalized spacial score (nSPS) is 14.0. The van der Waals surface area contributed by atoms with Crippen LogP contribution in [-0.4, -0.2) is 19.6 Å². The first-order valence-corrected chi connectivity index (χ1v) is 22.6. The maximum absolute atomic E-state index is 12.3. The number of furan rings is 1. The summed E-state index contributed by atoms with van der Waals surface area (Å²) in [5.74, 6) is 1.35. The Hall–Kier alpha value is -6.03. The second-order valence-electron chi connectivity index (χ2n) is 19.8. The summed E-state index contributed by atoms with van der Waals surface area (Å²) in [4.78, 5) is 10.6. The van der Waals surface area contributed by atoms with Crippen LogP contribution in [0.2, 0.25) is 0 Å². The van der Waals surface area contributed by atoms with Crippen LogP contribution in [0.25, 0.3) is 94.0 Å². The molecule has 5 nitrogen and oxygen atoms in total. The van der Waals surface area contributed by atoms with Gasteiger partial charge in [-0.15, -0.1) is 17.7 Å². The molecule has 0 saturated heterocycles. The van der Waals surface area contributed by atoms with Crippen molar-refractivity contribution in [3.8, 4) is 45.2 Å². The summed E-state index contributed by atoms with van der Waals surface area (Å²) in [5, 5.41) is 18.6. The molecule has 7 aromatic carbocycles. The van der Waals surface area contributed by atoms with Gasteiger partial charge in [-0.25, -0.2) is 4.98 Å². The van der Waals surface area contributed by atoms with Gasteiger partial charge in [0.2, 0.25) is 0 Å². The van der Waals surface area contributed by atoms with E-state index in [1.165, 1.54) is 48.8 Å². The zero-order valence-electron chi connectivity index (χ0n) is 37.3. The molecule has 1 saturated carbocycles. The second kappa shape index (κ2) is 15.9. The van der Waals surface area contributed by atoms with Crippen molar-refractivity contribution in [1.82, 2.24) is 14.5 Å². The summed E-state index contributed by atoms with van der Waals surface area (Å²) >= 11 is 0. The molecule has 0 unspecified atom stereocenters. The molecule has 3 aromatic heterocycles. The maximum Gasteiger partial charge on any atom is 0.148 e. The molecule has 6 heteroatoms. The van der Waals surface area contributed by atoms with Crippen LogP contribution < -0.4 is 0 Å². The molecular formula is C58H52N3O2Pt-. The zero-order valence-corrected chi connectivity index (χ0v) is 39.6. The molecule has 0 atom stereocenters. The fraction of sp³-hybridized carbons (Fsp3) is 0.241. The number of para-hydroxylation sites is 1. The van der Waals surface area contributed by atoms with Gasteiger partial charge in [0.15, 0.2) is 0 Å². The molecule has 1 N–H and O–H groups in total. The molecule has 64 heavy (non-hydrogen) atoms. The summed E-state index contributed by atoms with van der Waals surface area (Å²) in [5.41, 5.74) is 12.3. The number of aromatic nitrogens is 3. The number of pyridine rings is 1. The van der Waals surface area contributed by atoms with Crippen molar-refractivity contribution in [3.05, 3.63) is 156 Å². The van der Waals surface area contributed by atoms with E-state index in [9.17, 15) is 5.11 Å². The van der Waals surface area contributed by atoms with Gasteiger partial charge in [0, 0.05) is 43.7 Å². The molecule has 0 aliphatic heterocycles. The van der Waals surface area contributed by atoms with E-state index in [1.807, 2.05) is 36.5 Å². The zero-order chi connectivity index (χ0) is 43.2. The Morgan fingerprint density at radius 1 is 0.672 bits per heavy atom. The third-order valence-corrected chi connectivity index (χ3v) is 13.5. The van der Waals surface area contributed by atoms with Crippen molar-refractivity contribution in [2.24, 2.45) is 0 Å². The average molecular weight is 1020 g/mol. The van der Waals surface area contributed by atoms with E-state index in [1.54, 1.807) is 0 Å². The predicted octanol–water partition coefficient (Wildman–Crippen LogP) is 15.8. The Morgan fingerprint density at radius 3 is 2.22 bits per heavy atom. The van der Waals surface area contributed by atoms with Crippen molar-refractivity contribution < 1.29 is 30.6 Å². The van der Waals surface area contributed by atoms with Gasteiger partial charge in [-0.1, -0.05) is 168 Å². The Bertz CT molecular complexity index is 3430. The van der Waals surface area contributed by atoms with Crippen LogP contribution in [0.1, 0.15) is 96.3 Å². The first-order chi connectivity index (χ1) is 30.4. The number of aromatic hydroxyl groups is 1. The van der Waals surface area contributed by atoms with E-state index >= 15 is 0 Å². The van der Waals surface area contributed by atoms with Crippen LogP contribution in [0.3, 0.4) is 0 Å². The number of hydrogen-bond acceptors (Lipinski definition) is 4. The summed E-state index contributed by atoms with van der Waals surface area (Å²) in [7, 11) is 0. The largest absolute Gasteiger partial charge is 0.507 e. The molecule has 0 radical (unpaired) electrons. The molecule has 1 fully saturated rings. The number of phenols is 1. The standard InChI is InChI=1S/C58H52N3O2.Pt/c1-57(2,3)40-24-25-49(47(32-40)58(4,5)6)61-50-22-14-21-43(39-29-38-18-11-12-19-41(38)44(30-39)48-31-37(27-28-59-48)35-15-8-7-9-16-35)55(50)60-56(61)45-34-53-46(33-51(45)62)54-42-20-13-10-17-36(42)23-26-52(54)63-53;/h10-14,17-29,31-35,62H,7-9,15-16H2,1-6H3;/q-1;. The maximum atomic E-state index is 12.3. The van der Waals surface area contributed by atoms with Crippen LogP contribution in [-0.2, 0) is 31.9 Å². The van der Waals surface area contributed by atoms with Gasteiger partial charge in [-0.3, -0.25) is 9.55 Å². The molecule has 3 heterocycles. The van der Waals surface area contributed by atoms with Crippen LogP contribution in [0.5, 0.6) is 5.75 Å². The smallest absolute Gasteiger partial charge is 0.148 e. The molecule has 1 aliphatic rings.